The Morgan fingerprint density at radius 3 is 2.65 bits per heavy atom. The summed E-state index contributed by atoms with van der Waals surface area (Å²) in [7, 11) is 2.84. The molecule has 0 N–H and O–H groups in total. The largest absolute Gasteiger partial charge is 0.497 e. The molecule has 0 saturated heterocycles. The summed E-state index contributed by atoms with van der Waals surface area (Å²) >= 11 is 0. The molecule has 1 aromatic rings. The van der Waals surface area contributed by atoms with Gasteiger partial charge in [0.25, 0.3) is 0 Å². The lowest BCUT2D eigenvalue weighted by atomic mass is 9.86. The van der Waals surface area contributed by atoms with Crippen molar-refractivity contribution in [3.63, 3.8) is 0 Å². The number of ketones is 1. The van der Waals surface area contributed by atoms with Crippen LogP contribution in [0, 0.1) is 5.41 Å². The molecule has 1 atom stereocenters. The van der Waals surface area contributed by atoms with E-state index < -0.39 is 11.4 Å². The summed E-state index contributed by atoms with van der Waals surface area (Å²) in [6, 6.07) is 5.28. The first-order valence-corrected chi connectivity index (χ1v) is 5.33. The summed E-state index contributed by atoms with van der Waals surface area (Å²) < 4.78 is 9.78. The van der Waals surface area contributed by atoms with E-state index in [0.29, 0.717) is 17.7 Å². The first kappa shape index (κ1) is 11.6. The third-order valence-electron chi connectivity index (χ3n) is 3.24. The Bertz CT molecular complexity index is 492. The molecule has 0 fully saturated rings. The maximum absolute atomic E-state index is 12.2. The van der Waals surface area contributed by atoms with Crippen LogP contribution in [-0.4, -0.2) is 26.0 Å². The van der Waals surface area contributed by atoms with Crippen LogP contribution in [-0.2, 0) is 16.0 Å². The minimum atomic E-state index is -1.09. The van der Waals surface area contributed by atoms with E-state index in [1.807, 2.05) is 6.07 Å². The molecule has 0 aliphatic heterocycles. The smallest absolute Gasteiger partial charge is 0.319 e. The predicted molar refractivity (Wildman–Crippen MR) is 61.2 cm³/mol. The molecule has 2 rings (SSSR count). The molecule has 1 aliphatic carbocycles. The van der Waals surface area contributed by atoms with E-state index in [4.69, 9.17) is 9.47 Å². The Hall–Kier alpha value is -1.84. The van der Waals surface area contributed by atoms with Crippen LogP contribution in [0.5, 0.6) is 5.75 Å². The molecule has 1 aliphatic rings. The third kappa shape index (κ3) is 1.60. The average molecular weight is 234 g/mol. The number of carbonyl (C=O) groups excluding carboxylic acids is 2. The lowest BCUT2D eigenvalue weighted by Gasteiger charge is -2.17. The SMILES string of the molecule is COC(=O)C1(C)Cc2ccc(OC)cc2C1=O. The number of benzene rings is 1. The monoisotopic (exact) mass is 234 g/mol. The van der Waals surface area contributed by atoms with Crippen molar-refractivity contribution in [3.8, 4) is 5.75 Å². The zero-order chi connectivity index (χ0) is 12.6. The van der Waals surface area contributed by atoms with Crippen molar-refractivity contribution in [1.82, 2.24) is 0 Å². The fourth-order valence-electron chi connectivity index (χ4n) is 2.20. The van der Waals surface area contributed by atoms with Crippen LogP contribution >= 0.6 is 0 Å². The standard InChI is InChI=1S/C13H14O4/c1-13(12(15)17-3)7-8-4-5-9(16-2)6-10(8)11(13)14/h4-6H,7H2,1-3H3. The molecule has 0 heterocycles. The molecule has 0 radical (unpaired) electrons. The molecule has 90 valence electrons. The van der Waals surface area contributed by atoms with E-state index in [-0.39, 0.29) is 5.78 Å². The number of esters is 1. The van der Waals surface area contributed by atoms with Gasteiger partial charge in [-0.25, -0.2) is 0 Å². The van der Waals surface area contributed by atoms with Crippen molar-refractivity contribution in [1.29, 1.82) is 0 Å². The van der Waals surface area contributed by atoms with E-state index in [9.17, 15) is 9.59 Å². The van der Waals surface area contributed by atoms with Gasteiger partial charge in [-0.15, -0.1) is 0 Å². The van der Waals surface area contributed by atoms with Gasteiger partial charge in [0.2, 0.25) is 0 Å². The highest BCUT2D eigenvalue weighted by atomic mass is 16.5. The van der Waals surface area contributed by atoms with E-state index in [0.717, 1.165) is 5.56 Å². The quantitative estimate of drug-likeness (QED) is 0.576. The molecule has 1 unspecified atom stereocenters. The number of rotatable bonds is 2. The van der Waals surface area contributed by atoms with Gasteiger partial charge in [0.15, 0.2) is 5.78 Å². The van der Waals surface area contributed by atoms with Gasteiger partial charge in [-0.3, -0.25) is 9.59 Å². The Kier molecular flexibility index (Phi) is 2.65. The van der Waals surface area contributed by atoms with Crippen molar-refractivity contribution < 1.29 is 19.1 Å². The molecular formula is C13H14O4. The Morgan fingerprint density at radius 2 is 2.06 bits per heavy atom. The number of hydrogen-bond acceptors (Lipinski definition) is 4. The third-order valence-corrected chi connectivity index (χ3v) is 3.24. The second-order valence-corrected chi connectivity index (χ2v) is 4.35. The number of Topliss-reactive ketones (excluding diaryl/α,β-unsaturated/α-hetero) is 1. The molecule has 4 nitrogen and oxygen atoms in total. The van der Waals surface area contributed by atoms with Gasteiger partial charge in [0.1, 0.15) is 11.2 Å². The summed E-state index contributed by atoms with van der Waals surface area (Å²) in [4.78, 5) is 23.9. The first-order chi connectivity index (χ1) is 8.02. The topological polar surface area (TPSA) is 52.6 Å². The van der Waals surface area contributed by atoms with Crippen LogP contribution in [0.1, 0.15) is 22.8 Å². The van der Waals surface area contributed by atoms with Crippen molar-refractivity contribution >= 4 is 11.8 Å². The molecule has 1 aromatic carbocycles. The normalized spacial score (nSPS) is 22.2. The molecular weight excluding hydrogens is 220 g/mol. The lowest BCUT2D eigenvalue weighted by Crippen LogP contribution is -2.34. The molecule has 0 saturated carbocycles. The summed E-state index contributed by atoms with van der Waals surface area (Å²) in [5, 5.41) is 0. The Morgan fingerprint density at radius 1 is 1.35 bits per heavy atom. The number of methoxy groups -OCH3 is 2. The number of fused-ring (bicyclic) bond motifs is 1. The highest BCUT2D eigenvalue weighted by molar-refractivity contribution is 6.15. The minimum absolute atomic E-state index is 0.196. The lowest BCUT2D eigenvalue weighted by molar-refractivity contribution is -0.148. The van der Waals surface area contributed by atoms with Gasteiger partial charge >= 0.3 is 5.97 Å². The van der Waals surface area contributed by atoms with Crippen LogP contribution in [0.15, 0.2) is 18.2 Å². The summed E-state index contributed by atoms with van der Waals surface area (Å²) in [5.41, 5.74) is 0.324. The minimum Gasteiger partial charge on any atom is -0.497 e. The summed E-state index contributed by atoms with van der Waals surface area (Å²) in [6.07, 6.45) is 0.387. The van der Waals surface area contributed by atoms with Crippen molar-refractivity contribution in [2.75, 3.05) is 14.2 Å². The first-order valence-electron chi connectivity index (χ1n) is 5.33. The van der Waals surface area contributed by atoms with Gasteiger partial charge in [0.05, 0.1) is 14.2 Å². The molecule has 0 aromatic heterocycles. The van der Waals surface area contributed by atoms with E-state index in [1.165, 1.54) is 7.11 Å². The number of ether oxygens (including phenoxy) is 2. The Labute approximate surface area is 99.5 Å². The second-order valence-electron chi connectivity index (χ2n) is 4.35. The maximum atomic E-state index is 12.2. The van der Waals surface area contributed by atoms with Gasteiger partial charge in [0, 0.05) is 5.56 Å². The zero-order valence-electron chi connectivity index (χ0n) is 10.1. The van der Waals surface area contributed by atoms with Gasteiger partial charge in [-0.05, 0) is 31.0 Å². The van der Waals surface area contributed by atoms with Crippen molar-refractivity contribution in [2.45, 2.75) is 13.3 Å². The average Bonchev–Trinajstić information content (AvgIpc) is 2.61. The highest BCUT2D eigenvalue weighted by Crippen LogP contribution is 2.38. The van der Waals surface area contributed by atoms with Gasteiger partial charge in [-0.1, -0.05) is 6.07 Å². The van der Waals surface area contributed by atoms with Crippen LogP contribution in [0.3, 0.4) is 0 Å². The Balaban J connectivity index is 2.45. The molecule has 17 heavy (non-hydrogen) atoms. The van der Waals surface area contributed by atoms with E-state index >= 15 is 0 Å². The molecule has 4 heteroatoms. The van der Waals surface area contributed by atoms with Crippen LogP contribution in [0.4, 0.5) is 0 Å². The number of hydrogen-bond donors (Lipinski definition) is 0. The van der Waals surface area contributed by atoms with Crippen LogP contribution < -0.4 is 4.74 Å². The van der Waals surface area contributed by atoms with E-state index in [2.05, 4.69) is 0 Å². The molecule has 0 amide bonds. The van der Waals surface area contributed by atoms with Crippen LogP contribution in [0.2, 0.25) is 0 Å². The van der Waals surface area contributed by atoms with Crippen molar-refractivity contribution in [3.05, 3.63) is 29.3 Å². The fourth-order valence-corrected chi connectivity index (χ4v) is 2.20. The predicted octanol–water partition coefficient (Wildman–Crippen LogP) is 1.61. The van der Waals surface area contributed by atoms with E-state index in [1.54, 1.807) is 26.2 Å². The molecule has 0 spiro atoms. The summed E-state index contributed by atoms with van der Waals surface area (Å²) in [5.74, 6) is -0.0675. The van der Waals surface area contributed by atoms with Gasteiger partial charge < -0.3 is 9.47 Å². The number of carbonyl (C=O) groups is 2. The zero-order valence-corrected chi connectivity index (χ0v) is 10.1. The van der Waals surface area contributed by atoms with Crippen molar-refractivity contribution in [2.24, 2.45) is 5.41 Å². The second kappa shape index (κ2) is 3.87. The highest BCUT2D eigenvalue weighted by Gasteiger charge is 2.48. The van der Waals surface area contributed by atoms with Gasteiger partial charge in [-0.2, -0.15) is 0 Å². The molecule has 0 bridgehead atoms. The fraction of sp³-hybridized carbons (Fsp3) is 0.385. The van der Waals surface area contributed by atoms with Crippen LogP contribution in [0.25, 0.3) is 0 Å². The maximum Gasteiger partial charge on any atom is 0.319 e. The summed E-state index contributed by atoms with van der Waals surface area (Å²) in [6.45, 7) is 1.62.